The first-order valence-corrected chi connectivity index (χ1v) is 6.30. The maximum atomic E-state index is 11.4. The van der Waals surface area contributed by atoms with E-state index in [0.29, 0.717) is 6.54 Å². The van der Waals surface area contributed by atoms with E-state index in [9.17, 15) is 4.79 Å². The van der Waals surface area contributed by atoms with Gasteiger partial charge in [0.1, 0.15) is 0 Å². The summed E-state index contributed by atoms with van der Waals surface area (Å²) in [5, 5.41) is 4.70. The number of hydrogen-bond acceptors (Lipinski definition) is 3. The summed E-state index contributed by atoms with van der Waals surface area (Å²) >= 11 is 0. The smallest absolute Gasteiger partial charge is 0.279 e. The molecule has 5 nitrogen and oxygen atoms in total. The van der Waals surface area contributed by atoms with Crippen LogP contribution in [0.3, 0.4) is 0 Å². The molecule has 0 aliphatic carbocycles. The maximum absolute atomic E-state index is 11.4. The van der Waals surface area contributed by atoms with E-state index in [1.807, 2.05) is 36.6 Å². The third-order valence-electron chi connectivity index (χ3n) is 2.92. The first-order valence-electron chi connectivity index (χ1n) is 6.30. The predicted molar refractivity (Wildman–Crippen MR) is 70.8 cm³/mol. The number of benzene rings is 1. The number of ether oxygens (including phenoxy) is 1. The highest BCUT2D eigenvalue weighted by molar-refractivity contribution is 5.91. The van der Waals surface area contributed by atoms with E-state index in [4.69, 9.17) is 4.74 Å². The summed E-state index contributed by atoms with van der Waals surface area (Å²) in [7, 11) is 1.88. The van der Waals surface area contributed by atoms with Crippen LogP contribution in [0.1, 0.15) is 0 Å². The van der Waals surface area contributed by atoms with Crippen LogP contribution in [-0.4, -0.2) is 45.8 Å². The lowest BCUT2D eigenvalue weighted by atomic mass is 10.2. The monoisotopic (exact) mass is 250 g/mol. The Morgan fingerprint density at radius 2 is 2.00 bits per heavy atom. The van der Waals surface area contributed by atoms with Gasteiger partial charge in [0.2, 0.25) is 0 Å². The molecule has 98 valence electrons. The molecule has 0 aromatic heterocycles. The van der Waals surface area contributed by atoms with Crippen LogP contribution in [0.2, 0.25) is 0 Å². The number of amides is 1. The van der Waals surface area contributed by atoms with Crippen molar-refractivity contribution in [3.8, 4) is 0 Å². The van der Waals surface area contributed by atoms with E-state index >= 15 is 0 Å². The van der Waals surface area contributed by atoms with Crippen molar-refractivity contribution in [2.24, 2.45) is 0 Å². The van der Waals surface area contributed by atoms with Gasteiger partial charge in [0, 0.05) is 24.5 Å². The van der Waals surface area contributed by atoms with Gasteiger partial charge in [-0.3, -0.25) is 4.79 Å². The van der Waals surface area contributed by atoms with Gasteiger partial charge in [-0.1, -0.05) is 0 Å². The second-order valence-corrected chi connectivity index (χ2v) is 4.31. The van der Waals surface area contributed by atoms with E-state index < -0.39 is 0 Å². The third kappa shape index (κ3) is 3.45. The Bertz CT molecular complexity index is 386. The highest BCUT2D eigenvalue weighted by Gasteiger charge is 2.11. The van der Waals surface area contributed by atoms with Gasteiger partial charge < -0.3 is 20.3 Å². The zero-order valence-corrected chi connectivity index (χ0v) is 10.7. The van der Waals surface area contributed by atoms with Gasteiger partial charge in [0.05, 0.1) is 20.3 Å². The summed E-state index contributed by atoms with van der Waals surface area (Å²) in [5.74, 6) is 0.0247. The van der Waals surface area contributed by atoms with Crippen LogP contribution in [0.25, 0.3) is 0 Å². The van der Waals surface area contributed by atoms with E-state index in [2.05, 4.69) is 10.2 Å². The zero-order chi connectivity index (χ0) is 12.8. The molecule has 0 spiro atoms. The average Bonchev–Trinajstić information content (AvgIpc) is 2.41. The van der Waals surface area contributed by atoms with Crippen molar-refractivity contribution in [1.29, 1.82) is 0 Å². The average molecular weight is 250 g/mol. The van der Waals surface area contributed by atoms with Crippen molar-refractivity contribution in [2.45, 2.75) is 0 Å². The van der Waals surface area contributed by atoms with E-state index in [1.54, 1.807) is 0 Å². The minimum Gasteiger partial charge on any atom is -0.378 e. The van der Waals surface area contributed by atoms with Crippen LogP contribution < -0.4 is 15.5 Å². The number of nitrogens with one attached hydrogen (secondary N) is 1. The zero-order valence-electron chi connectivity index (χ0n) is 10.7. The molecule has 0 unspecified atom stereocenters. The molecule has 0 saturated carbocycles. The van der Waals surface area contributed by atoms with Gasteiger partial charge in [0.25, 0.3) is 5.91 Å². The number of hydrogen-bond donors (Lipinski definition) is 2. The highest BCUT2D eigenvalue weighted by Crippen LogP contribution is 2.18. The molecule has 1 aliphatic rings. The quantitative estimate of drug-likeness (QED) is 0.768. The molecule has 0 radical (unpaired) electrons. The van der Waals surface area contributed by atoms with Gasteiger partial charge in [-0.15, -0.1) is 0 Å². The first-order chi connectivity index (χ1) is 8.79. The normalized spacial score (nSPS) is 15.5. The lowest BCUT2D eigenvalue weighted by Gasteiger charge is -2.28. The number of carbonyl (C=O) groups excluding carboxylic acids is 1. The number of anilines is 2. The number of rotatable bonds is 4. The molecule has 1 aliphatic heterocycles. The third-order valence-corrected chi connectivity index (χ3v) is 2.92. The summed E-state index contributed by atoms with van der Waals surface area (Å²) in [4.78, 5) is 13.7. The summed E-state index contributed by atoms with van der Waals surface area (Å²) in [5.41, 5.74) is 2.03. The van der Waals surface area contributed by atoms with Gasteiger partial charge in [-0.25, -0.2) is 0 Å². The minimum absolute atomic E-state index is 0.0247. The summed E-state index contributed by atoms with van der Waals surface area (Å²) in [6, 6.07) is 7.96. The first kappa shape index (κ1) is 12.9. The maximum Gasteiger partial charge on any atom is 0.279 e. The Balaban J connectivity index is 1.94. The minimum atomic E-state index is 0.0247. The molecule has 5 heteroatoms. The van der Waals surface area contributed by atoms with Gasteiger partial charge >= 0.3 is 0 Å². The molecular formula is C13H20N3O2+. The van der Waals surface area contributed by atoms with Gasteiger partial charge in [0.15, 0.2) is 6.54 Å². The van der Waals surface area contributed by atoms with Crippen molar-refractivity contribution in [3.63, 3.8) is 0 Å². The number of nitrogens with two attached hydrogens (primary N) is 1. The second-order valence-electron chi connectivity index (χ2n) is 4.31. The summed E-state index contributed by atoms with van der Waals surface area (Å²) in [6.07, 6.45) is 0. The topological polar surface area (TPSA) is 58.2 Å². The predicted octanol–water partition coefficient (Wildman–Crippen LogP) is -0.345. The standard InChI is InChI=1S/C13H19N3O2/c1-14-10-13(17)15-11-2-4-12(5-3-11)16-6-8-18-9-7-16/h2-5,14H,6-10H2,1H3,(H,15,17)/p+1. The highest BCUT2D eigenvalue weighted by atomic mass is 16.5. The number of morpholine rings is 1. The van der Waals surface area contributed by atoms with Crippen LogP contribution in [0.15, 0.2) is 24.3 Å². The van der Waals surface area contributed by atoms with Crippen LogP contribution >= 0.6 is 0 Å². The van der Waals surface area contributed by atoms with Crippen LogP contribution in [0, 0.1) is 0 Å². The Hall–Kier alpha value is -1.59. The summed E-state index contributed by atoms with van der Waals surface area (Å²) < 4.78 is 5.32. The van der Waals surface area contributed by atoms with Crippen molar-refractivity contribution in [1.82, 2.24) is 0 Å². The molecular weight excluding hydrogens is 230 g/mol. The molecule has 3 N–H and O–H groups in total. The number of likely N-dealkylation sites (N-methyl/N-ethyl adjacent to an activating group) is 1. The molecule has 1 aromatic rings. The van der Waals surface area contributed by atoms with Crippen LogP contribution in [0.5, 0.6) is 0 Å². The molecule has 18 heavy (non-hydrogen) atoms. The molecule has 1 heterocycles. The fraction of sp³-hybridized carbons (Fsp3) is 0.462. The molecule has 1 fully saturated rings. The fourth-order valence-corrected chi connectivity index (χ4v) is 1.97. The number of nitrogens with zero attached hydrogens (tertiary/aromatic N) is 1. The van der Waals surface area contributed by atoms with Gasteiger partial charge in [-0.2, -0.15) is 0 Å². The van der Waals surface area contributed by atoms with Crippen LogP contribution in [-0.2, 0) is 9.53 Å². The Labute approximate surface area is 107 Å². The number of quaternary nitrogens is 1. The summed E-state index contributed by atoms with van der Waals surface area (Å²) in [6.45, 7) is 3.87. The Morgan fingerprint density at radius 3 is 2.61 bits per heavy atom. The Morgan fingerprint density at radius 1 is 1.33 bits per heavy atom. The molecule has 1 aromatic carbocycles. The van der Waals surface area contributed by atoms with Crippen molar-refractivity contribution in [2.75, 3.05) is 50.1 Å². The SMILES string of the molecule is C[NH2+]CC(=O)Nc1ccc(N2CCOCC2)cc1. The van der Waals surface area contributed by atoms with E-state index in [-0.39, 0.29) is 5.91 Å². The molecule has 1 amide bonds. The Kier molecular flexibility index (Phi) is 4.55. The van der Waals surface area contributed by atoms with Gasteiger partial charge in [-0.05, 0) is 24.3 Å². The lowest BCUT2D eigenvalue weighted by Crippen LogP contribution is -2.82. The van der Waals surface area contributed by atoms with E-state index in [0.717, 1.165) is 32.0 Å². The second kappa shape index (κ2) is 6.37. The largest absolute Gasteiger partial charge is 0.378 e. The number of carbonyl (C=O) groups is 1. The fourth-order valence-electron chi connectivity index (χ4n) is 1.97. The molecule has 0 bridgehead atoms. The van der Waals surface area contributed by atoms with Crippen molar-refractivity contribution in [3.05, 3.63) is 24.3 Å². The lowest BCUT2D eigenvalue weighted by molar-refractivity contribution is -0.615. The molecule has 1 saturated heterocycles. The molecule has 2 rings (SSSR count). The van der Waals surface area contributed by atoms with Crippen LogP contribution in [0.4, 0.5) is 11.4 Å². The molecule has 0 atom stereocenters. The van der Waals surface area contributed by atoms with Crippen molar-refractivity contribution < 1.29 is 14.8 Å². The van der Waals surface area contributed by atoms with Crippen molar-refractivity contribution >= 4 is 17.3 Å². The van der Waals surface area contributed by atoms with E-state index in [1.165, 1.54) is 5.69 Å².